The second-order valence-electron chi connectivity index (χ2n) is 10.3. The third kappa shape index (κ3) is 5.81. The Kier molecular flexibility index (Phi) is 8.77. The zero-order valence-corrected chi connectivity index (χ0v) is 22.6. The Morgan fingerprint density at radius 2 is 1.42 bits per heavy atom. The number of benzene rings is 2. The second-order valence-corrected chi connectivity index (χ2v) is 10.3. The smallest absolute Gasteiger partial charge is 0.335 e. The van der Waals surface area contributed by atoms with Crippen LogP contribution in [0.1, 0.15) is 0 Å². The maximum Gasteiger partial charge on any atom is 0.335 e. The van der Waals surface area contributed by atoms with Crippen molar-refractivity contribution < 1.29 is 84.3 Å². The van der Waals surface area contributed by atoms with Gasteiger partial charge in [0.25, 0.3) is 0 Å². The number of phenols is 3. The molecule has 2 fully saturated rings. The number of carboxylic acids is 1. The van der Waals surface area contributed by atoms with E-state index in [2.05, 4.69) is 0 Å². The standard InChI is InChI=1S/C27H28O18/c28-6-13-15(32)17(34)20(37)27(43-13)44-23-16(33)14-10(31)4-8(29)5-12(14)41-22(23)7-1-2-11(9(30)3-7)42-26-21(38)18(35)19(36)24(45-26)25(39)40/h1-5,13,15,17-21,24,26-32,34-38H,6H2,(H,39,40)/t13-,15-,17+,18+,19+,20-,21-,24+,26-,27+/m1/s1. The highest BCUT2D eigenvalue weighted by atomic mass is 16.7. The molecular weight excluding hydrogens is 612 g/mol. The molecule has 0 aliphatic carbocycles. The molecule has 18 nitrogen and oxygen atoms in total. The zero-order valence-electron chi connectivity index (χ0n) is 22.6. The SMILES string of the molecule is O=C(O)[C@H]1O[C@@H](Oc2ccc(-c3oc4cc(O)cc(O)c4c(=O)c3O[C@@H]3O[C@H](CO)[C@@H](O)[C@H](O)[C@H]3O)cc2O)[C@H](O)[C@@H](O)[C@@H]1O. The van der Waals surface area contributed by atoms with E-state index in [1.54, 1.807) is 0 Å². The molecule has 10 atom stereocenters. The first-order chi connectivity index (χ1) is 21.2. The van der Waals surface area contributed by atoms with Crippen molar-refractivity contribution in [3.8, 4) is 40.1 Å². The van der Waals surface area contributed by atoms with Crippen LogP contribution in [-0.4, -0.2) is 130 Å². The van der Waals surface area contributed by atoms with Gasteiger partial charge < -0.3 is 79.5 Å². The topological polar surface area (TPSA) is 307 Å². The van der Waals surface area contributed by atoms with Crippen molar-refractivity contribution in [3.63, 3.8) is 0 Å². The van der Waals surface area contributed by atoms with Crippen LogP contribution < -0.4 is 14.9 Å². The molecule has 2 saturated heterocycles. The first kappa shape index (κ1) is 32.2. The van der Waals surface area contributed by atoms with Crippen LogP contribution in [0.25, 0.3) is 22.3 Å². The Hall–Kier alpha value is -4.24. The maximum absolute atomic E-state index is 13.6. The number of aromatic hydroxyl groups is 3. The number of carbonyl (C=O) groups is 1. The highest BCUT2D eigenvalue weighted by Gasteiger charge is 2.48. The summed E-state index contributed by atoms with van der Waals surface area (Å²) in [6.07, 6.45) is -18.7. The molecule has 5 rings (SSSR count). The molecule has 1 aromatic heterocycles. The van der Waals surface area contributed by atoms with Gasteiger partial charge >= 0.3 is 5.97 Å². The van der Waals surface area contributed by atoms with Gasteiger partial charge in [0, 0.05) is 17.7 Å². The van der Waals surface area contributed by atoms with Crippen LogP contribution in [0.2, 0.25) is 0 Å². The number of ether oxygens (including phenoxy) is 4. The van der Waals surface area contributed by atoms with E-state index in [1.165, 1.54) is 0 Å². The summed E-state index contributed by atoms with van der Waals surface area (Å²) in [4.78, 5) is 25.0. The van der Waals surface area contributed by atoms with Crippen molar-refractivity contribution >= 4 is 16.9 Å². The van der Waals surface area contributed by atoms with Crippen LogP contribution in [0.4, 0.5) is 0 Å². The number of aliphatic hydroxyl groups excluding tert-OH is 7. The molecule has 0 spiro atoms. The average molecular weight is 641 g/mol. The fourth-order valence-corrected chi connectivity index (χ4v) is 4.88. The minimum absolute atomic E-state index is 0.148. The van der Waals surface area contributed by atoms with Gasteiger partial charge in [-0.05, 0) is 18.2 Å². The van der Waals surface area contributed by atoms with E-state index < -0.39 is 119 Å². The van der Waals surface area contributed by atoms with Crippen molar-refractivity contribution in [2.75, 3.05) is 6.61 Å². The van der Waals surface area contributed by atoms with Gasteiger partial charge in [-0.3, -0.25) is 4.79 Å². The van der Waals surface area contributed by atoms with Gasteiger partial charge in [-0.25, -0.2) is 4.79 Å². The van der Waals surface area contributed by atoms with Crippen molar-refractivity contribution in [1.82, 2.24) is 0 Å². The molecule has 0 amide bonds. The lowest BCUT2D eigenvalue weighted by atomic mass is 9.99. The van der Waals surface area contributed by atoms with Crippen LogP contribution >= 0.6 is 0 Å². The Bertz CT molecular complexity index is 1640. The number of carboxylic acid groups (broad SMARTS) is 1. The average Bonchev–Trinajstić information content (AvgIpc) is 2.98. The summed E-state index contributed by atoms with van der Waals surface area (Å²) in [7, 11) is 0. The second kappa shape index (κ2) is 12.3. The maximum atomic E-state index is 13.6. The predicted octanol–water partition coefficient (Wildman–Crippen LogP) is -2.97. The molecule has 2 aromatic carbocycles. The molecule has 0 saturated carbocycles. The highest BCUT2D eigenvalue weighted by Crippen LogP contribution is 2.40. The summed E-state index contributed by atoms with van der Waals surface area (Å²) in [5.74, 6) is -5.31. The van der Waals surface area contributed by atoms with E-state index in [4.69, 9.17) is 23.4 Å². The molecule has 2 aliphatic rings. The molecule has 244 valence electrons. The Morgan fingerprint density at radius 3 is 2.04 bits per heavy atom. The lowest BCUT2D eigenvalue weighted by Gasteiger charge is -2.39. The number of phenolic OH excluding ortho intramolecular Hbond substituents is 3. The van der Waals surface area contributed by atoms with Gasteiger partial charge in [0.05, 0.1) is 6.61 Å². The number of hydrogen-bond donors (Lipinski definition) is 11. The normalized spacial score (nSPS) is 31.9. The lowest BCUT2D eigenvalue weighted by molar-refractivity contribution is -0.277. The van der Waals surface area contributed by atoms with E-state index in [0.29, 0.717) is 0 Å². The van der Waals surface area contributed by atoms with Crippen LogP contribution in [0.3, 0.4) is 0 Å². The van der Waals surface area contributed by atoms with E-state index >= 15 is 0 Å². The Morgan fingerprint density at radius 1 is 0.778 bits per heavy atom. The summed E-state index contributed by atoms with van der Waals surface area (Å²) in [5.41, 5.74) is -1.59. The minimum atomic E-state index is -2.00. The van der Waals surface area contributed by atoms with Crippen LogP contribution in [0.15, 0.2) is 39.5 Å². The molecule has 0 radical (unpaired) electrons. The number of rotatable bonds is 7. The predicted molar refractivity (Wildman–Crippen MR) is 142 cm³/mol. The van der Waals surface area contributed by atoms with Crippen LogP contribution in [0, 0.1) is 0 Å². The summed E-state index contributed by atoms with van der Waals surface area (Å²) in [5, 5.41) is 110. The van der Waals surface area contributed by atoms with Crippen molar-refractivity contribution in [1.29, 1.82) is 0 Å². The lowest BCUT2D eigenvalue weighted by Crippen LogP contribution is -2.61. The quantitative estimate of drug-likeness (QED) is 0.123. The molecule has 0 bridgehead atoms. The summed E-state index contributed by atoms with van der Waals surface area (Å²) < 4.78 is 27.0. The molecule has 11 N–H and O–H groups in total. The molecule has 2 aliphatic heterocycles. The van der Waals surface area contributed by atoms with Gasteiger partial charge in [-0.1, -0.05) is 0 Å². The van der Waals surface area contributed by atoms with Gasteiger partial charge in [0.2, 0.25) is 23.8 Å². The third-order valence-corrected chi connectivity index (χ3v) is 7.28. The fourth-order valence-electron chi connectivity index (χ4n) is 4.88. The highest BCUT2D eigenvalue weighted by molar-refractivity contribution is 5.88. The number of hydrogen-bond acceptors (Lipinski definition) is 17. The van der Waals surface area contributed by atoms with Crippen molar-refractivity contribution in [2.45, 2.75) is 61.4 Å². The molecule has 3 heterocycles. The molecule has 18 heteroatoms. The zero-order chi connectivity index (χ0) is 32.9. The fraction of sp³-hybridized carbons (Fsp3) is 0.407. The monoisotopic (exact) mass is 640 g/mol. The van der Waals surface area contributed by atoms with E-state index in [0.717, 1.165) is 30.3 Å². The summed E-state index contributed by atoms with van der Waals surface area (Å²) in [6.45, 7) is -0.817. The first-order valence-electron chi connectivity index (χ1n) is 13.2. The number of aliphatic hydroxyl groups is 7. The first-order valence-corrected chi connectivity index (χ1v) is 13.2. The number of aliphatic carboxylic acids is 1. The van der Waals surface area contributed by atoms with Crippen LogP contribution in [0.5, 0.6) is 28.7 Å². The third-order valence-electron chi connectivity index (χ3n) is 7.28. The van der Waals surface area contributed by atoms with Gasteiger partial charge in [-0.2, -0.15) is 0 Å². The van der Waals surface area contributed by atoms with E-state index in [9.17, 15) is 65.8 Å². The Labute approximate surface area is 250 Å². The minimum Gasteiger partial charge on any atom is -0.508 e. The molecule has 3 aromatic rings. The van der Waals surface area contributed by atoms with Crippen molar-refractivity contribution in [3.05, 3.63) is 40.6 Å². The van der Waals surface area contributed by atoms with E-state index in [-0.39, 0.29) is 11.1 Å². The Balaban J connectivity index is 1.55. The summed E-state index contributed by atoms with van der Waals surface area (Å²) in [6, 6.07) is 4.97. The largest absolute Gasteiger partial charge is 0.508 e. The van der Waals surface area contributed by atoms with Crippen LogP contribution in [-0.2, 0) is 14.3 Å². The van der Waals surface area contributed by atoms with E-state index in [1.807, 2.05) is 0 Å². The van der Waals surface area contributed by atoms with Crippen molar-refractivity contribution in [2.24, 2.45) is 0 Å². The molecular formula is C27H28O18. The number of fused-ring (bicyclic) bond motifs is 1. The van der Waals surface area contributed by atoms with Gasteiger partial charge in [0.15, 0.2) is 23.4 Å². The summed E-state index contributed by atoms with van der Waals surface area (Å²) >= 11 is 0. The molecule has 45 heavy (non-hydrogen) atoms. The van der Waals surface area contributed by atoms with Gasteiger partial charge in [-0.15, -0.1) is 0 Å². The molecule has 0 unspecified atom stereocenters. The van der Waals surface area contributed by atoms with Gasteiger partial charge in [0.1, 0.15) is 65.2 Å².